The third-order valence-electron chi connectivity index (χ3n) is 5.39. The molecule has 0 fully saturated rings. The van der Waals surface area contributed by atoms with Crippen molar-refractivity contribution < 1.29 is 24.2 Å². The lowest BCUT2D eigenvalue weighted by Gasteiger charge is -2.27. The van der Waals surface area contributed by atoms with E-state index in [1.54, 1.807) is 4.90 Å². The molecule has 0 spiro atoms. The SMILES string of the molecule is CC(C)[C@H]1COC(=O)CCC=CC[C@H](CC(=O)N(CCO)Cc2ccccc2)C(=O)N1. The Morgan fingerprint density at radius 3 is 2.65 bits per heavy atom. The molecule has 170 valence electrons. The second-order valence-corrected chi connectivity index (χ2v) is 8.21. The predicted octanol–water partition coefficient (Wildman–Crippen LogP) is 2.44. The van der Waals surface area contributed by atoms with Gasteiger partial charge in [0, 0.05) is 25.9 Å². The quantitative estimate of drug-likeness (QED) is 0.512. The normalized spacial score (nSPS) is 20.4. The second kappa shape index (κ2) is 12.9. The van der Waals surface area contributed by atoms with E-state index in [0.717, 1.165) is 5.56 Å². The van der Waals surface area contributed by atoms with Crippen LogP contribution in [0.5, 0.6) is 0 Å². The average Bonchev–Trinajstić information content (AvgIpc) is 2.74. The summed E-state index contributed by atoms with van der Waals surface area (Å²) >= 11 is 0. The molecule has 7 nitrogen and oxygen atoms in total. The van der Waals surface area contributed by atoms with Gasteiger partial charge in [0.25, 0.3) is 0 Å². The summed E-state index contributed by atoms with van der Waals surface area (Å²) in [6.07, 6.45) is 5.00. The minimum atomic E-state index is -0.530. The fraction of sp³-hybridized carbons (Fsp3) is 0.542. The van der Waals surface area contributed by atoms with Gasteiger partial charge in [0.1, 0.15) is 6.61 Å². The highest BCUT2D eigenvalue weighted by Gasteiger charge is 2.27. The zero-order valence-electron chi connectivity index (χ0n) is 18.5. The van der Waals surface area contributed by atoms with Gasteiger partial charge in [-0.2, -0.15) is 0 Å². The smallest absolute Gasteiger partial charge is 0.306 e. The van der Waals surface area contributed by atoms with Crippen LogP contribution in [0.1, 0.15) is 45.1 Å². The lowest BCUT2D eigenvalue weighted by Crippen LogP contribution is -2.46. The number of cyclic esters (lactones) is 1. The number of nitrogens with one attached hydrogen (secondary N) is 1. The molecule has 0 bridgehead atoms. The molecule has 2 amide bonds. The van der Waals surface area contributed by atoms with Gasteiger partial charge in [0.05, 0.1) is 18.6 Å². The Balaban J connectivity index is 2.12. The molecular weight excluding hydrogens is 396 g/mol. The van der Waals surface area contributed by atoms with Crippen molar-refractivity contribution in [2.75, 3.05) is 19.8 Å². The Labute approximate surface area is 184 Å². The van der Waals surface area contributed by atoms with Gasteiger partial charge in [-0.05, 0) is 24.3 Å². The Morgan fingerprint density at radius 1 is 1.23 bits per heavy atom. The number of hydrogen-bond donors (Lipinski definition) is 2. The topological polar surface area (TPSA) is 95.9 Å². The highest BCUT2D eigenvalue weighted by molar-refractivity contribution is 5.86. The number of ether oxygens (including phenoxy) is 1. The van der Waals surface area contributed by atoms with Crippen LogP contribution in [0.2, 0.25) is 0 Å². The first kappa shape index (κ1) is 24.6. The molecule has 0 radical (unpaired) electrons. The molecule has 1 aromatic carbocycles. The number of carbonyl (C=O) groups excluding carboxylic acids is 3. The second-order valence-electron chi connectivity index (χ2n) is 8.21. The van der Waals surface area contributed by atoms with Crippen LogP contribution in [0.4, 0.5) is 0 Å². The third-order valence-corrected chi connectivity index (χ3v) is 5.39. The minimum Gasteiger partial charge on any atom is -0.463 e. The lowest BCUT2D eigenvalue weighted by molar-refractivity contribution is -0.145. The van der Waals surface area contributed by atoms with Crippen LogP contribution < -0.4 is 5.32 Å². The van der Waals surface area contributed by atoms with E-state index in [4.69, 9.17) is 4.74 Å². The maximum absolute atomic E-state index is 13.0. The highest BCUT2D eigenvalue weighted by Crippen LogP contribution is 2.17. The van der Waals surface area contributed by atoms with E-state index in [1.165, 1.54) is 0 Å². The van der Waals surface area contributed by atoms with E-state index < -0.39 is 5.92 Å². The summed E-state index contributed by atoms with van der Waals surface area (Å²) in [4.78, 5) is 39.4. The van der Waals surface area contributed by atoms with E-state index in [-0.39, 0.29) is 55.9 Å². The highest BCUT2D eigenvalue weighted by atomic mass is 16.5. The number of allylic oxidation sites excluding steroid dienone is 2. The zero-order valence-corrected chi connectivity index (χ0v) is 18.5. The number of esters is 1. The number of aliphatic hydroxyl groups excluding tert-OH is 1. The Kier molecular flexibility index (Phi) is 10.2. The van der Waals surface area contributed by atoms with Crippen LogP contribution >= 0.6 is 0 Å². The van der Waals surface area contributed by atoms with Gasteiger partial charge >= 0.3 is 5.97 Å². The van der Waals surface area contributed by atoms with Crippen LogP contribution in [0.25, 0.3) is 0 Å². The molecule has 2 rings (SSSR count). The summed E-state index contributed by atoms with van der Waals surface area (Å²) in [5, 5.41) is 12.4. The molecule has 2 atom stereocenters. The summed E-state index contributed by atoms with van der Waals surface area (Å²) in [5.74, 6) is -1.13. The maximum Gasteiger partial charge on any atom is 0.306 e. The van der Waals surface area contributed by atoms with Gasteiger partial charge in [-0.15, -0.1) is 0 Å². The van der Waals surface area contributed by atoms with Crippen LogP contribution in [-0.4, -0.2) is 53.6 Å². The summed E-state index contributed by atoms with van der Waals surface area (Å²) in [6, 6.07) is 9.26. The van der Waals surface area contributed by atoms with Gasteiger partial charge in [-0.25, -0.2) is 0 Å². The molecule has 0 saturated carbocycles. The first-order valence-electron chi connectivity index (χ1n) is 10.9. The van der Waals surface area contributed by atoms with E-state index in [9.17, 15) is 19.5 Å². The molecule has 1 aromatic rings. The molecule has 0 saturated heterocycles. The van der Waals surface area contributed by atoms with Crippen molar-refractivity contribution >= 4 is 17.8 Å². The molecule has 0 unspecified atom stereocenters. The first-order chi connectivity index (χ1) is 14.9. The number of hydrogen-bond acceptors (Lipinski definition) is 5. The molecule has 31 heavy (non-hydrogen) atoms. The van der Waals surface area contributed by atoms with Crippen LogP contribution in [0.15, 0.2) is 42.5 Å². The Bertz CT molecular complexity index is 748. The van der Waals surface area contributed by atoms with Crippen molar-refractivity contribution in [1.82, 2.24) is 10.2 Å². The average molecular weight is 431 g/mol. The van der Waals surface area contributed by atoms with Gasteiger partial charge in [-0.1, -0.05) is 56.3 Å². The van der Waals surface area contributed by atoms with Gasteiger partial charge in [-0.3, -0.25) is 14.4 Å². The third kappa shape index (κ3) is 8.53. The Morgan fingerprint density at radius 2 is 1.97 bits per heavy atom. The van der Waals surface area contributed by atoms with Crippen LogP contribution in [0, 0.1) is 11.8 Å². The van der Waals surface area contributed by atoms with Crippen molar-refractivity contribution in [2.24, 2.45) is 11.8 Å². The van der Waals surface area contributed by atoms with E-state index in [1.807, 2.05) is 56.3 Å². The van der Waals surface area contributed by atoms with Crippen molar-refractivity contribution in [2.45, 2.75) is 52.1 Å². The molecular formula is C24H34N2O5. The fourth-order valence-electron chi connectivity index (χ4n) is 3.38. The summed E-state index contributed by atoms with van der Waals surface area (Å²) in [5.41, 5.74) is 0.967. The van der Waals surface area contributed by atoms with Gasteiger partial charge in [0.2, 0.25) is 11.8 Å². The Hall–Kier alpha value is -2.67. The monoisotopic (exact) mass is 430 g/mol. The number of benzene rings is 1. The van der Waals surface area contributed by atoms with E-state index in [2.05, 4.69) is 5.32 Å². The van der Waals surface area contributed by atoms with Gasteiger partial charge < -0.3 is 20.1 Å². The van der Waals surface area contributed by atoms with Crippen molar-refractivity contribution in [3.05, 3.63) is 48.0 Å². The summed E-state index contributed by atoms with van der Waals surface area (Å²) in [6.45, 7) is 4.48. The van der Waals surface area contributed by atoms with Gasteiger partial charge in [0.15, 0.2) is 0 Å². The number of nitrogens with zero attached hydrogens (tertiary/aromatic N) is 1. The molecule has 1 heterocycles. The number of rotatable bonds is 7. The maximum atomic E-state index is 13.0. The number of amides is 2. The predicted molar refractivity (Wildman–Crippen MR) is 118 cm³/mol. The lowest BCUT2D eigenvalue weighted by atomic mass is 9.96. The standard InChI is InChI=1S/C24H34N2O5/c1-18(2)21-17-31-23(29)12-8-4-7-11-20(24(30)25-21)15-22(28)26(13-14-27)16-19-9-5-3-6-10-19/h3-7,9-10,18,20-21,27H,8,11-17H2,1-2H3,(H,25,30)/t20-,21-/m1/s1. The number of carbonyl (C=O) groups is 3. The van der Waals surface area contributed by atoms with Crippen molar-refractivity contribution in [1.29, 1.82) is 0 Å². The molecule has 0 aromatic heterocycles. The minimum absolute atomic E-state index is 0.0492. The van der Waals surface area contributed by atoms with Crippen LogP contribution in [-0.2, 0) is 25.7 Å². The molecule has 1 aliphatic rings. The fourth-order valence-corrected chi connectivity index (χ4v) is 3.38. The summed E-state index contributed by atoms with van der Waals surface area (Å²) < 4.78 is 5.30. The first-order valence-corrected chi connectivity index (χ1v) is 10.9. The molecule has 2 N–H and O–H groups in total. The van der Waals surface area contributed by atoms with E-state index >= 15 is 0 Å². The van der Waals surface area contributed by atoms with Crippen molar-refractivity contribution in [3.8, 4) is 0 Å². The molecule has 0 aliphatic carbocycles. The van der Waals surface area contributed by atoms with E-state index in [0.29, 0.717) is 25.8 Å². The molecule has 7 heteroatoms. The van der Waals surface area contributed by atoms with Crippen LogP contribution in [0.3, 0.4) is 0 Å². The number of aliphatic hydroxyl groups is 1. The zero-order chi connectivity index (χ0) is 22.6. The molecule has 1 aliphatic heterocycles. The van der Waals surface area contributed by atoms with Crippen molar-refractivity contribution in [3.63, 3.8) is 0 Å². The summed E-state index contributed by atoms with van der Waals surface area (Å²) in [7, 11) is 0. The largest absolute Gasteiger partial charge is 0.463 e.